The Morgan fingerprint density at radius 2 is 1.72 bits per heavy atom. The topological polar surface area (TPSA) is 67.4 Å². The molecule has 5 nitrogen and oxygen atoms in total. The molecule has 4 rings (SSSR count). The summed E-state index contributed by atoms with van der Waals surface area (Å²) < 4.78 is 5.46. The Balaban J connectivity index is 1.46. The van der Waals surface area contributed by atoms with Crippen LogP contribution in [0, 0.1) is 0 Å². The highest BCUT2D eigenvalue weighted by atomic mass is 16.5. The molecule has 1 fully saturated rings. The van der Waals surface area contributed by atoms with Gasteiger partial charge in [-0.1, -0.05) is 48.5 Å². The molecule has 1 aliphatic heterocycles. The van der Waals surface area contributed by atoms with Gasteiger partial charge in [-0.15, -0.1) is 0 Å². The summed E-state index contributed by atoms with van der Waals surface area (Å²) in [6.07, 6.45) is 0.0411. The van der Waals surface area contributed by atoms with Crippen molar-refractivity contribution in [3.05, 3.63) is 59.7 Å². The molecule has 2 aliphatic rings. The third-order valence-corrected chi connectivity index (χ3v) is 4.93. The number of alkyl carbamates (subject to hydrolysis) is 1. The molecule has 1 saturated heterocycles. The van der Waals surface area contributed by atoms with Crippen molar-refractivity contribution in [1.82, 2.24) is 10.6 Å². The van der Waals surface area contributed by atoms with E-state index in [0.29, 0.717) is 6.42 Å². The number of amides is 2. The first-order valence-electron chi connectivity index (χ1n) is 8.55. The van der Waals surface area contributed by atoms with Gasteiger partial charge in [-0.2, -0.15) is 0 Å². The normalized spacial score (nSPS) is 21.4. The number of ether oxygens (including phenoxy) is 1. The SMILES string of the molecule is CC1C[C@H](NC(=O)OCC2c3ccccc3-c3ccccc32)C(=O)N1. The van der Waals surface area contributed by atoms with E-state index in [4.69, 9.17) is 4.74 Å². The number of nitrogens with one attached hydrogen (secondary N) is 2. The van der Waals surface area contributed by atoms with Crippen LogP contribution in [0.3, 0.4) is 0 Å². The Hall–Kier alpha value is -2.82. The largest absolute Gasteiger partial charge is 0.449 e. The molecular weight excluding hydrogens is 316 g/mol. The van der Waals surface area contributed by atoms with Crippen LogP contribution in [0.1, 0.15) is 30.4 Å². The molecular formula is C20H20N2O3. The van der Waals surface area contributed by atoms with Gasteiger partial charge in [0.2, 0.25) is 5.91 Å². The number of rotatable bonds is 3. The zero-order chi connectivity index (χ0) is 17.4. The van der Waals surface area contributed by atoms with Crippen molar-refractivity contribution in [2.45, 2.75) is 31.3 Å². The predicted octanol–water partition coefficient (Wildman–Crippen LogP) is 2.80. The van der Waals surface area contributed by atoms with Crippen LogP contribution >= 0.6 is 0 Å². The fourth-order valence-electron chi connectivity index (χ4n) is 3.77. The van der Waals surface area contributed by atoms with Gasteiger partial charge in [0, 0.05) is 12.0 Å². The Bertz CT molecular complexity index is 788. The predicted molar refractivity (Wildman–Crippen MR) is 94.2 cm³/mol. The molecule has 0 spiro atoms. The van der Waals surface area contributed by atoms with Gasteiger partial charge in [0.05, 0.1) is 0 Å². The lowest BCUT2D eigenvalue weighted by atomic mass is 9.98. The maximum atomic E-state index is 12.1. The first-order valence-corrected chi connectivity index (χ1v) is 8.55. The molecule has 2 amide bonds. The zero-order valence-electron chi connectivity index (χ0n) is 14.0. The summed E-state index contributed by atoms with van der Waals surface area (Å²) in [4.78, 5) is 23.8. The van der Waals surface area contributed by atoms with Gasteiger partial charge in [-0.25, -0.2) is 4.79 Å². The summed E-state index contributed by atoms with van der Waals surface area (Å²) in [6, 6.07) is 16.0. The fraction of sp³-hybridized carbons (Fsp3) is 0.300. The van der Waals surface area contributed by atoms with Crippen molar-refractivity contribution in [2.24, 2.45) is 0 Å². The molecule has 2 atom stereocenters. The molecule has 0 radical (unpaired) electrons. The van der Waals surface area contributed by atoms with Crippen LogP contribution in [-0.2, 0) is 9.53 Å². The minimum absolute atomic E-state index is 0.0227. The Morgan fingerprint density at radius 1 is 1.12 bits per heavy atom. The molecule has 1 unspecified atom stereocenters. The van der Waals surface area contributed by atoms with Gasteiger partial charge in [-0.3, -0.25) is 4.79 Å². The first kappa shape index (κ1) is 15.7. The van der Waals surface area contributed by atoms with E-state index >= 15 is 0 Å². The summed E-state index contributed by atoms with van der Waals surface area (Å²) in [7, 11) is 0. The van der Waals surface area contributed by atoms with E-state index in [1.54, 1.807) is 0 Å². The van der Waals surface area contributed by atoms with E-state index in [2.05, 4.69) is 34.9 Å². The van der Waals surface area contributed by atoms with Crippen LogP contribution in [0.15, 0.2) is 48.5 Å². The second-order valence-electron chi connectivity index (χ2n) is 6.67. The Morgan fingerprint density at radius 3 is 2.28 bits per heavy atom. The highest BCUT2D eigenvalue weighted by molar-refractivity contribution is 5.87. The maximum absolute atomic E-state index is 12.1. The van der Waals surface area contributed by atoms with E-state index in [9.17, 15) is 9.59 Å². The summed E-state index contributed by atoms with van der Waals surface area (Å²) in [5.74, 6) is -0.129. The fourth-order valence-corrected chi connectivity index (χ4v) is 3.77. The van der Waals surface area contributed by atoms with Gasteiger partial charge in [-0.05, 0) is 35.6 Å². The van der Waals surface area contributed by atoms with Crippen molar-refractivity contribution in [2.75, 3.05) is 6.61 Å². The van der Waals surface area contributed by atoms with Gasteiger partial charge in [0.15, 0.2) is 0 Å². The Kier molecular flexibility index (Phi) is 3.92. The molecule has 0 aromatic heterocycles. The van der Waals surface area contributed by atoms with E-state index in [-0.39, 0.29) is 24.5 Å². The molecule has 0 bridgehead atoms. The highest BCUT2D eigenvalue weighted by Crippen LogP contribution is 2.44. The molecule has 2 aromatic rings. The van der Waals surface area contributed by atoms with Gasteiger partial charge in [0.25, 0.3) is 0 Å². The maximum Gasteiger partial charge on any atom is 0.407 e. The van der Waals surface area contributed by atoms with Crippen LogP contribution in [0.25, 0.3) is 11.1 Å². The van der Waals surface area contributed by atoms with Crippen LogP contribution in [0.2, 0.25) is 0 Å². The third kappa shape index (κ3) is 2.86. The summed E-state index contributed by atoms with van der Waals surface area (Å²) >= 11 is 0. The highest BCUT2D eigenvalue weighted by Gasteiger charge is 2.32. The lowest BCUT2D eigenvalue weighted by Gasteiger charge is -2.16. The Labute approximate surface area is 146 Å². The molecule has 1 aliphatic carbocycles. The molecule has 5 heteroatoms. The number of carbonyl (C=O) groups excluding carboxylic acids is 2. The van der Waals surface area contributed by atoms with Crippen molar-refractivity contribution in [3.8, 4) is 11.1 Å². The molecule has 25 heavy (non-hydrogen) atoms. The van der Waals surface area contributed by atoms with Gasteiger partial charge >= 0.3 is 6.09 Å². The van der Waals surface area contributed by atoms with Crippen molar-refractivity contribution in [3.63, 3.8) is 0 Å². The van der Waals surface area contributed by atoms with Gasteiger partial charge in [0.1, 0.15) is 12.6 Å². The lowest BCUT2D eigenvalue weighted by Crippen LogP contribution is -2.40. The zero-order valence-corrected chi connectivity index (χ0v) is 14.0. The molecule has 1 heterocycles. The van der Waals surface area contributed by atoms with Crippen molar-refractivity contribution < 1.29 is 14.3 Å². The number of hydrogen-bond donors (Lipinski definition) is 2. The van der Waals surface area contributed by atoms with Crippen LogP contribution in [-0.4, -0.2) is 30.7 Å². The summed E-state index contributed by atoms with van der Waals surface area (Å²) in [6.45, 7) is 2.17. The second kappa shape index (κ2) is 6.24. The average molecular weight is 336 g/mol. The smallest absolute Gasteiger partial charge is 0.407 e. The minimum atomic E-state index is -0.545. The summed E-state index contributed by atoms with van der Waals surface area (Å²) in [5.41, 5.74) is 4.72. The van der Waals surface area contributed by atoms with Crippen molar-refractivity contribution >= 4 is 12.0 Å². The van der Waals surface area contributed by atoms with Crippen molar-refractivity contribution in [1.29, 1.82) is 0 Å². The summed E-state index contributed by atoms with van der Waals surface area (Å²) in [5, 5.41) is 5.44. The van der Waals surface area contributed by atoms with E-state index in [0.717, 1.165) is 0 Å². The van der Waals surface area contributed by atoms with E-state index in [1.165, 1.54) is 22.3 Å². The molecule has 0 saturated carbocycles. The lowest BCUT2D eigenvalue weighted by molar-refractivity contribution is -0.121. The van der Waals surface area contributed by atoms with Gasteiger partial charge < -0.3 is 15.4 Å². The van der Waals surface area contributed by atoms with Crippen LogP contribution in [0.5, 0.6) is 0 Å². The number of benzene rings is 2. The standard InChI is InChI=1S/C20H20N2O3/c1-12-10-18(19(23)21-12)22-20(24)25-11-17-15-8-4-2-6-13(15)14-7-3-5-9-16(14)17/h2-9,12,17-18H,10-11H2,1H3,(H,21,23)(H,22,24)/t12?,18-/m0/s1. The quantitative estimate of drug-likeness (QED) is 0.906. The minimum Gasteiger partial charge on any atom is -0.449 e. The molecule has 128 valence electrons. The second-order valence-corrected chi connectivity index (χ2v) is 6.67. The number of fused-ring (bicyclic) bond motifs is 3. The molecule has 2 N–H and O–H groups in total. The van der Waals surface area contributed by atoms with Crippen LogP contribution in [0.4, 0.5) is 4.79 Å². The monoisotopic (exact) mass is 336 g/mol. The third-order valence-electron chi connectivity index (χ3n) is 4.93. The van der Waals surface area contributed by atoms with Crippen LogP contribution < -0.4 is 10.6 Å². The number of hydrogen-bond acceptors (Lipinski definition) is 3. The number of carbonyl (C=O) groups is 2. The van der Waals surface area contributed by atoms with E-state index < -0.39 is 12.1 Å². The van der Waals surface area contributed by atoms with E-state index in [1.807, 2.05) is 31.2 Å². The first-order chi connectivity index (χ1) is 12.1. The average Bonchev–Trinajstić information content (AvgIpc) is 3.10. The molecule has 2 aromatic carbocycles.